The topological polar surface area (TPSA) is 58.0 Å². The molecule has 0 amide bonds. The molecule has 1 unspecified atom stereocenters. The molecule has 4 aromatic rings. The minimum atomic E-state index is -3.28. The van der Waals surface area contributed by atoms with E-state index in [0.29, 0.717) is 6.42 Å². The number of hydrogen-bond donors (Lipinski definition) is 2. The Bertz CT molecular complexity index is 1380. The van der Waals surface area contributed by atoms with Crippen LogP contribution in [0, 0.1) is 0 Å². The van der Waals surface area contributed by atoms with E-state index >= 15 is 0 Å². The number of benzene rings is 3. The van der Waals surface area contributed by atoms with Crippen molar-refractivity contribution in [1.29, 1.82) is 0 Å². The highest BCUT2D eigenvalue weighted by Gasteiger charge is 2.37. The predicted molar refractivity (Wildman–Crippen MR) is 150 cm³/mol. The second kappa shape index (κ2) is 12.1. The van der Waals surface area contributed by atoms with Gasteiger partial charge in [0, 0.05) is 46.9 Å². The van der Waals surface area contributed by atoms with Gasteiger partial charge in [0.1, 0.15) is 6.10 Å². The molecule has 0 radical (unpaired) electrons. The second-order valence-corrected chi connectivity index (χ2v) is 9.28. The molecule has 1 atom stereocenters. The summed E-state index contributed by atoms with van der Waals surface area (Å²) in [4.78, 5) is 9.31. The zero-order chi connectivity index (χ0) is 27.1. The van der Waals surface area contributed by atoms with Crippen LogP contribution in [0.5, 0.6) is 0 Å². The third kappa shape index (κ3) is 6.14. The molecule has 0 spiro atoms. The van der Waals surface area contributed by atoms with Crippen LogP contribution < -0.4 is 5.32 Å². The number of hydrogen-bond acceptors (Lipinski definition) is 4. The van der Waals surface area contributed by atoms with Crippen molar-refractivity contribution in [2.24, 2.45) is 0 Å². The number of aromatic nitrogens is 2. The highest BCUT2D eigenvalue weighted by atomic mass is 19.3. The molecule has 4 rings (SSSR count). The minimum Gasteiger partial charge on any atom is -0.387 e. The Labute approximate surface area is 223 Å². The molecule has 4 nitrogen and oxygen atoms in total. The van der Waals surface area contributed by atoms with Gasteiger partial charge in [0.05, 0.1) is 11.4 Å². The molecule has 1 heterocycles. The van der Waals surface area contributed by atoms with E-state index in [2.05, 4.69) is 47.3 Å². The van der Waals surface area contributed by atoms with Gasteiger partial charge in [-0.3, -0.25) is 9.97 Å². The number of aliphatic hydroxyl groups excluding tert-OH is 1. The van der Waals surface area contributed by atoms with E-state index in [1.165, 1.54) is 17.7 Å². The van der Waals surface area contributed by atoms with E-state index in [-0.39, 0.29) is 5.56 Å². The number of nitrogens with one attached hydrogen (secondary N) is 1. The number of nitrogens with zero attached hydrogens (tertiary/aromatic N) is 2. The van der Waals surface area contributed by atoms with Crippen LogP contribution in [0.15, 0.2) is 97.0 Å². The fraction of sp³-hybridized carbons (Fsp3) is 0.250. The van der Waals surface area contributed by atoms with Gasteiger partial charge in [-0.25, -0.2) is 0 Å². The van der Waals surface area contributed by atoms with E-state index in [1.54, 1.807) is 24.5 Å². The molecular formula is C32H33F2N3O. The zero-order valence-corrected chi connectivity index (χ0v) is 22.0. The summed E-state index contributed by atoms with van der Waals surface area (Å²) in [6, 6.07) is 22.5. The fourth-order valence-corrected chi connectivity index (χ4v) is 4.42. The van der Waals surface area contributed by atoms with Crippen molar-refractivity contribution in [1.82, 2.24) is 9.97 Å². The Kier molecular flexibility index (Phi) is 8.64. The van der Waals surface area contributed by atoms with Gasteiger partial charge < -0.3 is 10.4 Å². The third-order valence-electron chi connectivity index (χ3n) is 6.52. The van der Waals surface area contributed by atoms with Gasteiger partial charge in [-0.05, 0) is 43.0 Å². The summed E-state index contributed by atoms with van der Waals surface area (Å²) in [7, 11) is 0. The number of allylic oxidation sites excluding steroid dienone is 2. The van der Waals surface area contributed by atoms with Gasteiger partial charge >= 0.3 is 0 Å². The largest absolute Gasteiger partial charge is 0.387 e. The molecule has 0 aliphatic heterocycles. The Hall–Kier alpha value is -3.90. The Morgan fingerprint density at radius 2 is 1.58 bits per heavy atom. The summed E-state index contributed by atoms with van der Waals surface area (Å²) in [5, 5.41) is 12.9. The lowest BCUT2D eigenvalue weighted by atomic mass is 9.98. The van der Waals surface area contributed by atoms with Crippen LogP contribution in [0.1, 0.15) is 43.9 Å². The molecule has 0 saturated carbocycles. The number of aryl methyl sites for hydroxylation is 1. The van der Waals surface area contributed by atoms with Gasteiger partial charge in [-0.1, -0.05) is 80.6 Å². The van der Waals surface area contributed by atoms with Crippen molar-refractivity contribution >= 4 is 5.69 Å². The number of aliphatic hydroxyl groups is 1. The lowest BCUT2D eigenvalue weighted by molar-refractivity contribution is -0.106. The molecular weight excluding hydrogens is 480 g/mol. The Balaban J connectivity index is 1.52. The van der Waals surface area contributed by atoms with Crippen LogP contribution in [-0.2, 0) is 18.8 Å². The van der Waals surface area contributed by atoms with Gasteiger partial charge in [0.15, 0.2) is 0 Å². The van der Waals surface area contributed by atoms with E-state index in [4.69, 9.17) is 0 Å². The van der Waals surface area contributed by atoms with E-state index in [1.807, 2.05) is 36.4 Å². The van der Waals surface area contributed by atoms with Crippen molar-refractivity contribution in [3.63, 3.8) is 0 Å². The van der Waals surface area contributed by atoms with Crippen molar-refractivity contribution in [3.05, 3.63) is 114 Å². The molecule has 0 bridgehead atoms. The molecule has 1 aromatic heterocycles. The lowest BCUT2D eigenvalue weighted by Crippen LogP contribution is -2.27. The summed E-state index contributed by atoms with van der Waals surface area (Å²) in [6.45, 7) is 5.29. The van der Waals surface area contributed by atoms with Crippen molar-refractivity contribution in [2.75, 3.05) is 5.32 Å². The van der Waals surface area contributed by atoms with Crippen molar-refractivity contribution in [3.8, 4) is 22.5 Å². The first kappa shape index (κ1) is 27.1. The average Bonchev–Trinajstić information content (AvgIpc) is 2.94. The van der Waals surface area contributed by atoms with Gasteiger partial charge in [-0.2, -0.15) is 8.78 Å². The maximum atomic E-state index is 14.1. The molecule has 3 aromatic carbocycles. The lowest BCUT2D eigenvalue weighted by Gasteiger charge is -2.20. The number of anilines is 1. The summed E-state index contributed by atoms with van der Waals surface area (Å²) >= 11 is 0. The Morgan fingerprint density at radius 1 is 0.921 bits per heavy atom. The quantitative estimate of drug-likeness (QED) is 0.227. The first-order valence-electron chi connectivity index (χ1n) is 12.9. The van der Waals surface area contributed by atoms with Crippen LogP contribution in [-0.4, -0.2) is 21.2 Å². The van der Waals surface area contributed by atoms with Gasteiger partial charge in [-0.15, -0.1) is 0 Å². The van der Waals surface area contributed by atoms with Crippen molar-refractivity contribution in [2.45, 2.75) is 52.1 Å². The average molecular weight is 514 g/mol. The number of alkyl halides is 2. The summed E-state index contributed by atoms with van der Waals surface area (Å²) in [6.07, 6.45) is 6.09. The molecule has 38 heavy (non-hydrogen) atoms. The molecule has 2 N–H and O–H groups in total. The first-order chi connectivity index (χ1) is 18.3. The van der Waals surface area contributed by atoms with Gasteiger partial charge in [0.25, 0.3) is 5.92 Å². The zero-order valence-electron chi connectivity index (χ0n) is 22.0. The first-order valence-corrected chi connectivity index (χ1v) is 12.9. The van der Waals surface area contributed by atoms with Crippen LogP contribution in [0.4, 0.5) is 14.5 Å². The number of halogens is 2. The molecule has 0 saturated heterocycles. The summed E-state index contributed by atoms with van der Waals surface area (Å²) in [5.41, 5.74) is 7.59. The van der Waals surface area contributed by atoms with Crippen LogP contribution in [0.3, 0.4) is 0 Å². The highest BCUT2D eigenvalue weighted by molar-refractivity contribution is 5.80. The maximum Gasteiger partial charge on any atom is 0.298 e. The molecule has 196 valence electrons. The van der Waals surface area contributed by atoms with Crippen LogP contribution in [0.2, 0.25) is 0 Å². The third-order valence-corrected chi connectivity index (χ3v) is 6.52. The molecule has 0 aliphatic carbocycles. The van der Waals surface area contributed by atoms with Crippen LogP contribution >= 0.6 is 0 Å². The molecule has 6 heteroatoms. The standard InChI is InChI=1S/C32H33F2N3O/c1-4-8-28(21-23-11-15-26(16-12-23)32(33,34)22(3)38)37-27-17-13-25(14-18-27)30-31(36-20-19-35-30)29-10-7-6-9-24(29)5-2/h6-20,22,37-38H,4-5,21H2,1-3H3/b28-8-. The highest BCUT2D eigenvalue weighted by Crippen LogP contribution is 2.33. The van der Waals surface area contributed by atoms with E-state index in [9.17, 15) is 13.9 Å². The number of rotatable bonds is 10. The van der Waals surface area contributed by atoms with E-state index in [0.717, 1.165) is 59.2 Å². The van der Waals surface area contributed by atoms with Crippen LogP contribution in [0.25, 0.3) is 22.5 Å². The smallest absolute Gasteiger partial charge is 0.298 e. The molecule has 0 fully saturated rings. The SMILES string of the molecule is CC/C=C(/Cc1ccc(C(F)(F)C(C)O)cc1)Nc1ccc(-c2nccnc2-c2ccccc2CC)cc1. The maximum absolute atomic E-state index is 14.1. The fourth-order valence-electron chi connectivity index (χ4n) is 4.42. The normalized spacial score (nSPS) is 12.8. The van der Waals surface area contributed by atoms with E-state index < -0.39 is 12.0 Å². The minimum absolute atomic E-state index is 0.189. The summed E-state index contributed by atoms with van der Waals surface area (Å²) in [5.74, 6) is -3.28. The second-order valence-electron chi connectivity index (χ2n) is 9.28. The molecule has 0 aliphatic rings. The Morgan fingerprint density at radius 3 is 2.21 bits per heavy atom. The monoisotopic (exact) mass is 513 g/mol. The van der Waals surface area contributed by atoms with Gasteiger partial charge in [0.2, 0.25) is 0 Å². The van der Waals surface area contributed by atoms with Crippen molar-refractivity contribution < 1.29 is 13.9 Å². The predicted octanol–water partition coefficient (Wildman–Crippen LogP) is 7.79. The summed E-state index contributed by atoms with van der Waals surface area (Å²) < 4.78 is 28.2.